The first kappa shape index (κ1) is 14.1. The van der Waals surface area contributed by atoms with E-state index in [1.165, 1.54) is 6.20 Å². The molecule has 1 rings (SSSR count). The molecular formula is C11H13ClF3NO. The van der Waals surface area contributed by atoms with Gasteiger partial charge in [0.2, 0.25) is 5.88 Å². The summed E-state index contributed by atoms with van der Waals surface area (Å²) in [6, 6.07) is 1.58. The predicted molar refractivity (Wildman–Crippen MR) is 59.3 cm³/mol. The van der Waals surface area contributed by atoms with E-state index in [4.69, 9.17) is 11.6 Å². The Kier molecular flexibility index (Phi) is 4.62. The van der Waals surface area contributed by atoms with E-state index < -0.39 is 12.8 Å². The summed E-state index contributed by atoms with van der Waals surface area (Å²) in [5, 5.41) is 0.104. The van der Waals surface area contributed by atoms with Gasteiger partial charge in [0.15, 0.2) is 6.61 Å². The van der Waals surface area contributed by atoms with Gasteiger partial charge < -0.3 is 4.74 Å². The number of hydrogen-bond acceptors (Lipinski definition) is 2. The van der Waals surface area contributed by atoms with Crippen molar-refractivity contribution in [3.8, 4) is 5.88 Å². The molecule has 0 aromatic carbocycles. The van der Waals surface area contributed by atoms with Crippen LogP contribution >= 0.6 is 11.6 Å². The monoisotopic (exact) mass is 267 g/mol. The van der Waals surface area contributed by atoms with Crippen molar-refractivity contribution in [1.82, 2.24) is 4.98 Å². The van der Waals surface area contributed by atoms with Crippen LogP contribution in [0.15, 0.2) is 12.3 Å². The lowest BCUT2D eigenvalue weighted by molar-refractivity contribution is -0.154. The minimum atomic E-state index is -4.39. The van der Waals surface area contributed by atoms with E-state index in [2.05, 4.69) is 9.72 Å². The van der Waals surface area contributed by atoms with Crippen LogP contribution < -0.4 is 4.74 Å². The lowest BCUT2D eigenvalue weighted by Crippen LogP contribution is -2.19. The molecule has 6 heteroatoms. The second kappa shape index (κ2) is 5.58. The normalized spacial score (nSPS) is 11.9. The highest BCUT2D eigenvalue weighted by atomic mass is 35.5. The lowest BCUT2D eigenvalue weighted by atomic mass is 10.1. The molecule has 1 aromatic heterocycles. The van der Waals surface area contributed by atoms with Gasteiger partial charge in [-0.25, -0.2) is 4.98 Å². The van der Waals surface area contributed by atoms with E-state index in [1.807, 2.05) is 13.8 Å². The molecule has 1 heterocycles. The molecule has 0 unspecified atom stereocenters. The second-order valence-electron chi connectivity index (χ2n) is 4.13. The van der Waals surface area contributed by atoms with Gasteiger partial charge in [0, 0.05) is 6.20 Å². The number of rotatable bonds is 4. The van der Waals surface area contributed by atoms with Gasteiger partial charge in [-0.2, -0.15) is 13.2 Å². The zero-order valence-electron chi connectivity index (χ0n) is 9.51. The van der Waals surface area contributed by atoms with Crippen LogP contribution in [-0.4, -0.2) is 17.8 Å². The summed E-state index contributed by atoms with van der Waals surface area (Å²) in [4.78, 5) is 3.78. The molecule has 96 valence electrons. The van der Waals surface area contributed by atoms with E-state index in [0.29, 0.717) is 5.92 Å². The minimum Gasteiger partial charge on any atom is -0.467 e. The lowest BCUT2D eigenvalue weighted by Gasteiger charge is -2.11. The maximum Gasteiger partial charge on any atom is 0.422 e. The van der Waals surface area contributed by atoms with Crippen LogP contribution in [0.2, 0.25) is 5.02 Å². The molecule has 0 fully saturated rings. The molecule has 0 aliphatic heterocycles. The van der Waals surface area contributed by atoms with Crippen LogP contribution in [0.25, 0.3) is 0 Å². The third-order valence-corrected chi connectivity index (χ3v) is 2.15. The van der Waals surface area contributed by atoms with Gasteiger partial charge in [0.05, 0.1) is 0 Å². The van der Waals surface area contributed by atoms with Crippen LogP contribution in [0, 0.1) is 5.92 Å². The molecule has 0 saturated carbocycles. The average Bonchev–Trinajstić information content (AvgIpc) is 2.13. The van der Waals surface area contributed by atoms with Crippen molar-refractivity contribution in [3.05, 3.63) is 22.8 Å². The first-order valence-electron chi connectivity index (χ1n) is 5.12. The van der Waals surface area contributed by atoms with Crippen molar-refractivity contribution in [2.45, 2.75) is 26.4 Å². The number of alkyl halides is 3. The number of hydrogen-bond donors (Lipinski definition) is 0. The van der Waals surface area contributed by atoms with Crippen LogP contribution in [-0.2, 0) is 6.42 Å². The molecule has 0 bridgehead atoms. The van der Waals surface area contributed by atoms with Gasteiger partial charge in [-0.15, -0.1) is 0 Å². The van der Waals surface area contributed by atoms with Crippen molar-refractivity contribution in [2.24, 2.45) is 5.92 Å². The average molecular weight is 268 g/mol. The summed E-state index contributed by atoms with van der Waals surface area (Å²) in [5.74, 6) is 0.242. The number of nitrogens with zero attached hydrogens (tertiary/aromatic N) is 1. The van der Waals surface area contributed by atoms with Crippen molar-refractivity contribution < 1.29 is 17.9 Å². The predicted octanol–water partition coefficient (Wildman–Crippen LogP) is 3.87. The standard InChI is InChI=1S/C11H13ClF3NO/c1-7(2)3-8-4-9(12)10(16-5-8)17-6-11(13,14)15/h4-5,7H,3,6H2,1-2H3. The maximum atomic E-state index is 11.9. The molecule has 0 saturated heterocycles. The third-order valence-electron chi connectivity index (χ3n) is 1.88. The maximum absolute atomic E-state index is 11.9. The molecule has 0 radical (unpaired) electrons. The Morgan fingerprint density at radius 2 is 2.06 bits per heavy atom. The zero-order chi connectivity index (χ0) is 13.1. The largest absolute Gasteiger partial charge is 0.467 e. The summed E-state index contributed by atoms with van der Waals surface area (Å²) in [5.41, 5.74) is 0.879. The van der Waals surface area contributed by atoms with Crippen LogP contribution in [0.1, 0.15) is 19.4 Å². The quantitative estimate of drug-likeness (QED) is 0.826. The Morgan fingerprint density at radius 1 is 1.41 bits per heavy atom. The Hall–Kier alpha value is -0.970. The smallest absolute Gasteiger partial charge is 0.422 e. The zero-order valence-corrected chi connectivity index (χ0v) is 10.3. The summed E-state index contributed by atoms with van der Waals surface area (Å²) < 4.78 is 40.3. The second-order valence-corrected chi connectivity index (χ2v) is 4.54. The van der Waals surface area contributed by atoms with E-state index >= 15 is 0 Å². The van der Waals surface area contributed by atoms with Gasteiger partial charge in [-0.1, -0.05) is 25.4 Å². The van der Waals surface area contributed by atoms with Gasteiger partial charge in [0.25, 0.3) is 0 Å². The summed E-state index contributed by atoms with van der Waals surface area (Å²) in [6.07, 6.45) is -2.13. The van der Waals surface area contributed by atoms with E-state index in [-0.39, 0.29) is 10.9 Å². The summed E-state index contributed by atoms with van der Waals surface area (Å²) in [6.45, 7) is 2.67. The highest BCUT2D eigenvalue weighted by Crippen LogP contribution is 2.25. The van der Waals surface area contributed by atoms with Gasteiger partial charge >= 0.3 is 6.18 Å². The fourth-order valence-electron chi connectivity index (χ4n) is 1.30. The van der Waals surface area contributed by atoms with Crippen LogP contribution in [0.4, 0.5) is 13.2 Å². The molecule has 0 spiro atoms. The fourth-order valence-corrected chi connectivity index (χ4v) is 1.55. The number of pyridine rings is 1. The Balaban J connectivity index is 2.69. The molecule has 2 nitrogen and oxygen atoms in total. The van der Waals surface area contributed by atoms with Crippen molar-refractivity contribution in [2.75, 3.05) is 6.61 Å². The minimum absolute atomic E-state index is 0.104. The summed E-state index contributed by atoms with van der Waals surface area (Å²) >= 11 is 5.79. The molecule has 0 aliphatic carbocycles. The molecule has 0 atom stereocenters. The highest BCUT2D eigenvalue weighted by molar-refractivity contribution is 6.31. The fraction of sp³-hybridized carbons (Fsp3) is 0.545. The summed E-state index contributed by atoms with van der Waals surface area (Å²) in [7, 11) is 0. The van der Waals surface area contributed by atoms with E-state index in [9.17, 15) is 13.2 Å². The van der Waals surface area contributed by atoms with Gasteiger partial charge in [-0.3, -0.25) is 0 Å². The topological polar surface area (TPSA) is 22.1 Å². The SMILES string of the molecule is CC(C)Cc1cnc(OCC(F)(F)F)c(Cl)c1. The molecule has 0 aliphatic rings. The van der Waals surface area contributed by atoms with Crippen LogP contribution in [0.5, 0.6) is 5.88 Å². The Bertz CT molecular complexity index is 379. The van der Waals surface area contributed by atoms with Gasteiger partial charge in [0.1, 0.15) is 5.02 Å². The van der Waals surface area contributed by atoms with Crippen molar-refractivity contribution in [1.29, 1.82) is 0 Å². The van der Waals surface area contributed by atoms with Crippen LogP contribution in [0.3, 0.4) is 0 Å². The highest BCUT2D eigenvalue weighted by Gasteiger charge is 2.29. The first-order valence-corrected chi connectivity index (χ1v) is 5.49. The van der Waals surface area contributed by atoms with Crippen molar-refractivity contribution >= 4 is 11.6 Å². The third kappa shape index (κ3) is 5.26. The van der Waals surface area contributed by atoms with E-state index in [0.717, 1.165) is 12.0 Å². The Labute approximate surface area is 103 Å². The molecule has 17 heavy (non-hydrogen) atoms. The van der Waals surface area contributed by atoms with Gasteiger partial charge in [-0.05, 0) is 24.0 Å². The van der Waals surface area contributed by atoms with Crippen molar-refractivity contribution in [3.63, 3.8) is 0 Å². The number of ether oxygens (including phenoxy) is 1. The molecule has 0 N–H and O–H groups in total. The molecule has 0 amide bonds. The number of halogens is 4. The first-order chi connectivity index (χ1) is 7.78. The molecular weight excluding hydrogens is 255 g/mol. The number of aromatic nitrogens is 1. The molecule has 1 aromatic rings. The Morgan fingerprint density at radius 3 is 2.53 bits per heavy atom. The van der Waals surface area contributed by atoms with E-state index in [1.54, 1.807) is 6.07 Å².